The molecule has 0 aliphatic carbocycles. The summed E-state index contributed by atoms with van der Waals surface area (Å²) in [4.78, 5) is 14.2. The highest BCUT2D eigenvalue weighted by Gasteiger charge is 2.15. The van der Waals surface area contributed by atoms with Crippen molar-refractivity contribution < 1.29 is 9.90 Å². The SMILES string of the molecule is CCN(Cc1cccc(C)c1)C(=O)c1ccc(N)c(O)c1. The largest absolute Gasteiger partial charge is 0.506 e. The second kappa shape index (κ2) is 6.31. The van der Waals surface area contributed by atoms with Gasteiger partial charge < -0.3 is 15.7 Å². The first-order chi connectivity index (χ1) is 10.0. The maximum absolute atomic E-state index is 12.5. The molecule has 0 unspecified atom stereocenters. The molecular weight excluding hydrogens is 264 g/mol. The molecule has 0 fully saturated rings. The molecule has 0 aliphatic heterocycles. The number of carbonyl (C=O) groups excluding carboxylic acids is 1. The van der Waals surface area contributed by atoms with E-state index in [0.717, 1.165) is 5.56 Å². The molecule has 0 aliphatic rings. The fourth-order valence-electron chi connectivity index (χ4n) is 2.22. The number of carbonyl (C=O) groups is 1. The topological polar surface area (TPSA) is 66.6 Å². The van der Waals surface area contributed by atoms with Crippen LogP contribution in [0.4, 0.5) is 5.69 Å². The number of nitrogens with two attached hydrogens (primary N) is 1. The van der Waals surface area contributed by atoms with Gasteiger partial charge in [0.2, 0.25) is 0 Å². The molecule has 2 aromatic carbocycles. The number of hydrogen-bond acceptors (Lipinski definition) is 3. The molecule has 1 amide bonds. The van der Waals surface area contributed by atoms with Crippen LogP contribution in [-0.2, 0) is 6.54 Å². The van der Waals surface area contributed by atoms with Crippen LogP contribution in [0.15, 0.2) is 42.5 Å². The van der Waals surface area contributed by atoms with Crippen LogP contribution in [0.1, 0.15) is 28.4 Å². The Hall–Kier alpha value is -2.49. The number of nitrogen functional groups attached to an aromatic ring is 1. The van der Waals surface area contributed by atoms with Gasteiger partial charge in [-0.05, 0) is 37.6 Å². The number of benzene rings is 2. The predicted molar refractivity (Wildman–Crippen MR) is 84.1 cm³/mol. The maximum atomic E-state index is 12.5. The summed E-state index contributed by atoms with van der Waals surface area (Å²) >= 11 is 0. The Morgan fingerprint density at radius 3 is 2.62 bits per heavy atom. The zero-order valence-corrected chi connectivity index (χ0v) is 12.3. The molecule has 0 atom stereocenters. The van der Waals surface area contributed by atoms with Gasteiger partial charge >= 0.3 is 0 Å². The van der Waals surface area contributed by atoms with Crippen LogP contribution in [0, 0.1) is 6.92 Å². The first-order valence-electron chi connectivity index (χ1n) is 6.94. The lowest BCUT2D eigenvalue weighted by atomic mass is 10.1. The molecule has 2 aromatic rings. The molecule has 0 saturated carbocycles. The molecule has 0 bridgehead atoms. The van der Waals surface area contributed by atoms with Crippen LogP contribution < -0.4 is 5.73 Å². The molecule has 0 saturated heterocycles. The summed E-state index contributed by atoms with van der Waals surface area (Å²) in [6.07, 6.45) is 0. The van der Waals surface area contributed by atoms with Gasteiger partial charge in [-0.2, -0.15) is 0 Å². The third-order valence-electron chi connectivity index (χ3n) is 3.40. The van der Waals surface area contributed by atoms with Crippen LogP contribution in [0.5, 0.6) is 5.75 Å². The highest BCUT2D eigenvalue weighted by molar-refractivity contribution is 5.95. The van der Waals surface area contributed by atoms with Crippen LogP contribution in [-0.4, -0.2) is 22.5 Å². The van der Waals surface area contributed by atoms with Gasteiger partial charge in [0.1, 0.15) is 5.75 Å². The maximum Gasteiger partial charge on any atom is 0.254 e. The average Bonchev–Trinajstić information content (AvgIpc) is 2.47. The Bertz CT molecular complexity index is 653. The lowest BCUT2D eigenvalue weighted by molar-refractivity contribution is 0.0752. The second-order valence-corrected chi connectivity index (χ2v) is 5.08. The van der Waals surface area contributed by atoms with Crippen molar-refractivity contribution in [1.29, 1.82) is 0 Å². The standard InChI is InChI=1S/C17H20N2O2/c1-3-19(11-13-6-4-5-12(2)9-13)17(21)14-7-8-15(18)16(20)10-14/h4-10,20H,3,11,18H2,1-2H3. The molecule has 0 radical (unpaired) electrons. The van der Waals surface area contributed by atoms with Crippen molar-refractivity contribution in [1.82, 2.24) is 4.90 Å². The molecule has 0 aromatic heterocycles. The van der Waals surface area contributed by atoms with Crippen molar-refractivity contribution in [2.45, 2.75) is 20.4 Å². The molecule has 4 heteroatoms. The van der Waals surface area contributed by atoms with Gasteiger partial charge in [-0.15, -0.1) is 0 Å². The average molecular weight is 284 g/mol. The first-order valence-corrected chi connectivity index (χ1v) is 6.94. The Labute approximate surface area is 124 Å². The van der Waals surface area contributed by atoms with E-state index in [1.54, 1.807) is 17.0 Å². The molecule has 0 spiro atoms. The Morgan fingerprint density at radius 1 is 1.24 bits per heavy atom. The summed E-state index contributed by atoms with van der Waals surface area (Å²) in [5.74, 6) is -0.179. The smallest absolute Gasteiger partial charge is 0.254 e. The van der Waals surface area contributed by atoms with Gasteiger partial charge in [0.05, 0.1) is 5.69 Å². The second-order valence-electron chi connectivity index (χ2n) is 5.08. The van der Waals surface area contributed by atoms with E-state index in [1.165, 1.54) is 11.6 Å². The Morgan fingerprint density at radius 2 is 2.00 bits per heavy atom. The van der Waals surface area contributed by atoms with Crippen molar-refractivity contribution in [2.24, 2.45) is 0 Å². The fourth-order valence-corrected chi connectivity index (χ4v) is 2.22. The number of nitrogens with zero attached hydrogens (tertiary/aromatic N) is 1. The minimum absolute atomic E-state index is 0.0625. The van der Waals surface area contributed by atoms with Gasteiger partial charge in [-0.1, -0.05) is 29.8 Å². The molecule has 0 heterocycles. The minimum Gasteiger partial charge on any atom is -0.506 e. The van der Waals surface area contributed by atoms with Gasteiger partial charge in [0, 0.05) is 18.7 Å². The van der Waals surface area contributed by atoms with Gasteiger partial charge in [0.15, 0.2) is 0 Å². The third-order valence-corrected chi connectivity index (χ3v) is 3.40. The number of anilines is 1. The van der Waals surface area contributed by atoms with E-state index in [0.29, 0.717) is 18.7 Å². The third kappa shape index (κ3) is 3.54. The zero-order chi connectivity index (χ0) is 15.4. The first kappa shape index (κ1) is 14.9. The normalized spacial score (nSPS) is 10.4. The van der Waals surface area contributed by atoms with Crippen LogP contribution in [0.25, 0.3) is 0 Å². The number of aryl methyl sites for hydroxylation is 1. The van der Waals surface area contributed by atoms with Crippen molar-refractivity contribution in [3.63, 3.8) is 0 Å². The van der Waals surface area contributed by atoms with Crippen LogP contribution in [0.3, 0.4) is 0 Å². The van der Waals surface area contributed by atoms with Crippen LogP contribution in [0.2, 0.25) is 0 Å². The van der Waals surface area contributed by atoms with Crippen molar-refractivity contribution in [3.05, 3.63) is 59.2 Å². The predicted octanol–water partition coefficient (Wildman–Crippen LogP) is 2.95. The monoisotopic (exact) mass is 284 g/mol. The summed E-state index contributed by atoms with van der Waals surface area (Å²) < 4.78 is 0. The number of phenols is 1. The van der Waals surface area contributed by atoms with Gasteiger partial charge in [0.25, 0.3) is 5.91 Å². The van der Waals surface area contributed by atoms with Gasteiger partial charge in [-0.3, -0.25) is 4.79 Å². The molecule has 21 heavy (non-hydrogen) atoms. The van der Waals surface area contributed by atoms with Crippen molar-refractivity contribution in [3.8, 4) is 5.75 Å². The number of phenolic OH excluding ortho intramolecular Hbond substituents is 1. The Kier molecular flexibility index (Phi) is 4.48. The van der Waals surface area contributed by atoms with E-state index in [9.17, 15) is 9.90 Å². The van der Waals surface area contributed by atoms with E-state index in [1.807, 2.05) is 32.0 Å². The summed E-state index contributed by atoms with van der Waals surface area (Å²) in [6, 6.07) is 12.7. The summed E-state index contributed by atoms with van der Waals surface area (Å²) in [5.41, 5.74) is 8.53. The van der Waals surface area contributed by atoms with E-state index in [2.05, 4.69) is 6.07 Å². The van der Waals surface area contributed by atoms with E-state index < -0.39 is 0 Å². The van der Waals surface area contributed by atoms with Gasteiger partial charge in [-0.25, -0.2) is 0 Å². The highest BCUT2D eigenvalue weighted by atomic mass is 16.3. The molecule has 2 rings (SSSR count). The molecule has 4 nitrogen and oxygen atoms in total. The van der Waals surface area contributed by atoms with Crippen molar-refractivity contribution in [2.75, 3.05) is 12.3 Å². The van der Waals surface area contributed by atoms with E-state index in [4.69, 9.17) is 5.73 Å². The molecule has 3 N–H and O–H groups in total. The molecule has 110 valence electrons. The summed E-state index contributed by atoms with van der Waals surface area (Å²) in [6.45, 7) is 5.10. The zero-order valence-electron chi connectivity index (χ0n) is 12.3. The van der Waals surface area contributed by atoms with Crippen LogP contribution >= 0.6 is 0 Å². The fraction of sp³-hybridized carbons (Fsp3) is 0.235. The lowest BCUT2D eigenvalue weighted by Gasteiger charge is -2.21. The number of rotatable bonds is 4. The van der Waals surface area contributed by atoms with E-state index >= 15 is 0 Å². The van der Waals surface area contributed by atoms with E-state index in [-0.39, 0.29) is 17.3 Å². The lowest BCUT2D eigenvalue weighted by Crippen LogP contribution is -2.30. The Balaban J connectivity index is 2.20. The number of hydrogen-bond donors (Lipinski definition) is 2. The minimum atomic E-state index is -0.116. The quantitative estimate of drug-likeness (QED) is 0.670. The molecular formula is C17H20N2O2. The summed E-state index contributed by atoms with van der Waals surface area (Å²) in [5, 5.41) is 9.63. The summed E-state index contributed by atoms with van der Waals surface area (Å²) in [7, 11) is 0. The number of aromatic hydroxyl groups is 1. The van der Waals surface area contributed by atoms with Crippen molar-refractivity contribution >= 4 is 11.6 Å². The highest BCUT2D eigenvalue weighted by Crippen LogP contribution is 2.22. The number of amides is 1.